The van der Waals surface area contributed by atoms with E-state index in [1.54, 1.807) is 55.6 Å². The number of amides is 3. The first-order valence-electron chi connectivity index (χ1n) is 11.1. The maximum Gasteiger partial charge on any atom is 0.267 e. The van der Waals surface area contributed by atoms with Crippen molar-refractivity contribution in [1.82, 2.24) is 4.90 Å². The van der Waals surface area contributed by atoms with Gasteiger partial charge in [0.2, 0.25) is 5.91 Å². The molecule has 0 spiro atoms. The Hall–Kier alpha value is -2.90. The van der Waals surface area contributed by atoms with Crippen molar-refractivity contribution in [2.75, 3.05) is 35.4 Å². The first-order valence-corrected chi connectivity index (χ1v) is 14.2. The standard InChI is InChI=1S/C24H23N3O6S3/c1-33-16-8-6-14(7-9-16)25-19(28)12-26-18-5-3-2-4-17(18)20(22(26)29)21-23(30)27(24(34)35-21)15-10-11-36(31,32)13-15/h2-9,15,31-32H,10-13H2,1H3,(H,25,28). The summed E-state index contributed by atoms with van der Waals surface area (Å²) in [6.45, 7) is -0.241. The monoisotopic (exact) mass is 545 g/mol. The van der Waals surface area contributed by atoms with Gasteiger partial charge in [0.25, 0.3) is 11.8 Å². The minimum absolute atomic E-state index is 0.0737. The van der Waals surface area contributed by atoms with Gasteiger partial charge in [-0.3, -0.25) is 33.3 Å². The Balaban J connectivity index is 1.41. The molecule has 2 fully saturated rings. The van der Waals surface area contributed by atoms with Crippen LogP contribution in [0.1, 0.15) is 12.0 Å². The van der Waals surface area contributed by atoms with Crippen LogP contribution in [0.5, 0.6) is 5.75 Å². The number of ether oxygens (including phenoxy) is 1. The lowest BCUT2D eigenvalue weighted by Gasteiger charge is -2.28. The molecular formula is C24H23N3O6S3. The largest absolute Gasteiger partial charge is 0.497 e. The zero-order chi connectivity index (χ0) is 25.6. The number of carbonyl (C=O) groups excluding carboxylic acids is 3. The molecule has 3 aliphatic heterocycles. The number of hydrogen-bond donors (Lipinski definition) is 3. The van der Waals surface area contributed by atoms with Crippen molar-refractivity contribution < 1.29 is 28.2 Å². The van der Waals surface area contributed by atoms with Crippen molar-refractivity contribution in [1.29, 1.82) is 0 Å². The van der Waals surface area contributed by atoms with Crippen LogP contribution in [0.3, 0.4) is 0 Å². The number of methoxy groups -OCH3 is 1. The van der Waals surface area contributed by atoms with Crippen LogP contribution in [-0.2, 0) is 14.4 Å². The fourth-order valence-corrected chi connectivity index (χ4v) is 7.74. The van der Waals surface area contributed by atoms with E-state index in [0.29, 0.717) is 29.1 Å². The van der Waals surface area contributed by atoms with Gasteiger partial charge in [-0.25, -0.2) is 0 Å². The van der Waals surface area contributed by atoms with Crippen molar-refractivity contribution in [3.63, 3.8) is 0 Å². The molecule has 188 valence electrons. The molecule has 2 aromatic carbocycles. The molecule has 0 bridgehead atoms. The number of thioether (sulfide) groups is 1. The van der Waals surface area contributed by atoms with Crippen molar-refractivity contribution in [3.8, 4) is 5.75 Å². The maximum absolute atomic E-state index is 13.6. The number of carbonyl (C=O) groups is 3. The van der Waals surface area contributed by atoms with Gasteiger partial charge in [0.1, 0.15) is 16.6 Å². The molecule has 1 atom stereocenters. The van der Waals surface area contributed by atoms with Crippen LogP contribution >= 0.6 is 34.6 Å². The lowest BCUT2D eigenvalue weighted by atomic mass is 10.1. The summed E-state index contributed by atoms with van der Waals surface area (Å²) in [4.78, 5) is 42.8. The van der Waals surface area contributed by atoms with Crippen molar-refractivity contribution in [2.45, 2.75) is 12.5 Å². The Morgan fingerprint density at radius 1 is 1.17 bits per heavy atom. The molecule has 0 saturated carbocycles. The molecule has 0 aromatic heterocycles. The van der Waals surface area contributed by atoms with Crippen LogP contribution in [0.25, 0.3) is 5.57 Å². The van der Waals surface area contributed by atoms with Crippen LogP contribution in [-0.4, -0.2) is 67.2 Å². The van der Waals surface area contributed by atoms with Gasteiger partial charge in [-0.15, -0.1) is 0 Å². The van der Waals surface area contributed by atoms with E-state index in [-0.39, 0.29) is 32.8 Å². The summed E-state index contributed by atoms with van der Waals surface area (Å²) >= 11 is 6.48. The average molecular weight is 546 g/mol. The molecule has 2 aromatic rings. The Kier molecular flexibility index (Phi) is 6.55. The van der Waals surface area contributed by atoms with Gasteiger partial charge in [-0.1, -0.05) is 42.2 Å². The Morgan fingerprint density at radius 2 is 1.89 bits per heavy atom. The van der Waals surface area contributed by atoms with E-state index in [2.05, 4.69) is 5.32 Å². The number of fused-ring (bicyclic) bond motifs is 1. The Labute approximate surface area is 218 Å². The molecular weight excluding hydrogens is 522 g/mol. The minimum atomic E-state index is -2.73. The van der Waals surface area contributed by atoms with E-state index in [0.717, 1.165) is 11.8 Å². The second kappa shape index (κ2) is 9.52. The average Bonchev–Trinajstić information content (AvgIpc) is 3.44. The topological polar surface area (TPSA) is 119 Å². The molecule has 12 heteroatoms. The number of anilines is 2. The predicted molar refractivity (Wildman–Crippen MR) is 145 cm³/mol. The second-order valence-corrected chi connectivity index (χ2v) is 12.5. The zero-order valence-corrected chi connectivity index (χ0v) is 21.6. The first-order chi connectivity index (χ1) is 17.2. The fraction of sp³-hybridized carbons (Fsp3) is 0.250. The molecule has 9 nitrogen and oxygen atoms in total. The predicted octanol–water partition coefficient (Wildman–Crippen LogP) is 3.77. The lowest BCUT2D eigenvalue weighted by Crippen LogP contribution is -2.39. The lowest BCUT2D eigenvalue weighted by molar-refractivity contribution is -0.123. The second-order valence-electron chi connectivity index (χ2n) is 8.55. The number of nitrogens with zero attached hydrogens (tertiary/aromatic N) is 2. The molecule has 0 aliphatic carbocycles. The third-order valence-electron chi connectivity index (χ3n) is 6.23. The summed E-state index contributed by atoms with van der Waals surface area (Å²) in [5, 5.41) is 2.77. The van der Waals surface area contributed by atoms with Gasteiger partial charge in [0.05, 0.1) is 35.1 Å². The fourth-order valence-electron chi connectivity index (χ4n) is 4.52. The van der Waals surface area contributed by atoms with Crippen LogP contribution < -0.4 is 15.0 Å². The molecule has 3 amide bonds. The number of hydrogen-bond acceptors (Lipinski definition) is 8. The quantitative estimate of drug-likeness (QED) is 0.384. The van der Waals surface area contributed by atoms with Gasteiger partial charge in [-0.2, -0.15) is 10.6 Å². The highest BCUT2D eigenvalue weighted by atomic mass is 32.3. The number of thiocarbonyl (C=S) groups is 1. The number of nitrogens with one attached hydrogen (secondary N) is 1. The summed E-state index contributed by atoms with van der Waals surface area (Å²) in [7, 11) is -1.18. The van der Waals surface area contributed by atoms with Crippen LogP contribution in [0, 0.1) is 0 Å². The van der Waals surface area contributed by atoms with Gasteiger partial charge in [0.15, 0.2) is 0 Å². The molecule has 0 radical (unpaired) electrons. The SMILES string of the molecule is COc1ccc(NC(=O)CN2C(=O)C(=C3SC(=S)N(C4CCS(O)(O)C4)C3=O)c3ccccc32)cc1. The van der Waals surface area contributed by atoms with E-state index in [1.165, 1.54) is 9.80 Å². The molecule has 3 heterocycles. The smallest absolute Gasteiger partial charge is 0.267 e. The number of rotatable bonds is 5. The highest BCUT2D eigenvalue weighted by molar-refractivity contribution is 8.27. The summed E-state index contributed by atoms with van der Waals surface area (Å²) in [5.41, 5.74) is 1.84. The van der Waals surface area contributed by atoms with Gasteiger partial charge >= 0.3 is 0 Å². The third-order valence-corrected chi connectivity index (χ3v) is 9.44. The molecule has 2 saturated heterocycles. The first kappa shape index (κ1) is 24.8. The third kappa shape index (κ3) is 4.50. The Morgan fingerprint density at radius 3 is 2.56 bits per heavy atom. The highest BCUT2D eigenvalue weighted by Gasteiger charge is 2.46. The molecule has 3 N–H and O–H groups in total. The highest BCUT2D eigenvalue weighted by Crippen LogP contribution is 2.50. The normalized spacial score (nSPS) is 23.8. The number of benzene rings is 2. The van der Waals surface area contributed by atoms with Crippen LogP contribution in [0.15, 0.2) is 53.4 Å². The van der Waals surface area contributed by atoms with Gasteiger partial charge in [-0.05, 0) is 36.8 Å². The van der Waals surface area contributed by atoms with Crippen molar-refractivity contribution in [3.05, 3.63) is 59.0 Å². The summed E-state index contributed by atoms with van der Waals surface area (Å²) < 4.78 is 25.5. The van der Waals surface area contributed by atoms with Gasteiger partial charge in [0, 0.05) is 17.0 Å². The Bertz CT molecular complexity index is 1310. The van der Waals surface area contributed by atoms with E-state index in [4.69, 9.17) is 17.0 Å². The maximum atomic E-state index is 13.6. The summed E-state index contributed by atoms with van der Waals surface area (Å²) in [6.07, 6.45) is 0.430. The number of para-hydroxylation sites is 1. The summed E-state index contributed by atoms with van der Waals surface area (Å²) in [6, 6.07) is 13.4. The summed E-state index contributed by atoms with van der Waals surface area (Å²) in [5.74, 6) is -0.328. The van der Waals surface area contributed by atoms with Crippen LogP contribution in [0.2, 0.25) is 0 Å². The van der Waals surface area contributed by atoms with E-state index in [1.807, 2.05) is 0 Å². The van der Waals surface area contributed by atoms with E-state index in [9.17, 15) is 23.5 Å². The molecule has 5 rings (SSSR count). The van der Waals surface area contributed by atoms with Crippen molar-refractivity contribution >= 4 is 73.6 Å². The molecule has 1 unspecified atom stereocenters. The van der Waals surface area contributed by atoms with Crippen LogP contribution in [0.4, 0.5) is 11.4 Å². The van der Waals surface area contributed by atoms with E-state index >= 15 is 0 Å². The van der Waals surface area contributed by atoms with Crippen molar-refractivity contribution in [2.24, 2.45) is 0 Å². The van der Waals surface area contributed by atoms with E-state index < -0.39 is 34.4 Å². The van der Waals surface area contributed by atoms with Gasteiger partial charge < -0.3 is 10.1 Å². The minimum Gasteiger partial charge on any atom is -0.497 e. The molecule has 3 aliphatic rings. The zero-order valence-electron chi connectivity index (χ0n) is 19.2. The molecule has 36 heavy (non-hydrogen) atoms.